The molecule has 4 nitrogen and oxygen atoms in total. The number of benzene rings is 2. The standard InChI is InChI=1S/C12H8Br2N2O2/c13-7-1-3-9(11(15)5-7)10-4-2-8(14)6-12(10)16(17)18/h1-6H,15H2. The quantitative estimate of drug-likeness (QED) is 0.484. The highest BCUT2D eigenvalue weighted by Gasteiger charge is 2.17. The third kappa shape index (κ3) is 2.54. The maximum Gasteiger partial charge on any atom is 0.278 e. The molecule has 2 aromatic rings. The highest BCUT2D eigenvalue weighted by molar-refractivity contribution is 9.10. The Kier molecular flexibility index (Phi) is 3.68. The van der Waals surface area contributed by atoms with Gasteiger partial charge in [-0.1, -0.05) is 37.9 Å². The number of nitrogens with zero attached hydrogens (tertiary/aromatic N) is 1. The van der Waals surface area contributed by atoms with Crippen molar-refractivity contribution in [3.05, 3.63) is 55.5 Å². The van der Waals surface area contributed by atoms with Crippen LogP contribution in [-0.2, 0) is 0 Å². The van der Waals surface area contributed by atoms with Crippen LogP contribution in [0.1, 0.15) is 0 Å². The Morgan fingerprint density at radius 1 is 1.00 bits per heavy atom. The third-order valence-corrected chi connectivity index (χ3v) is 3.45. The number of nitro groups is 1. The van der Waals surface area contributed by atoms with Gasteiger partial charge in [0.2, 0.25) is 0 Å². The first kappa shape index (κ1) is 13.0. The van der Waals surface area contributed by atoms with Crippen LogP contribution in [0.5, 0.6) is 0 Å². The molecule has 0 heterocycles. The van der Waals surface area contributed by atoms with Gasteiger partial charge in [-0.25, -0.2) is 0 Å². The average Bonchev–Trinajstić information content (AvgIpc) is 2.29. The maximum absolute atomic E-state index is 11.1. The summed E-state index contributed by atoms with van der Waals surface area (Å²) in [6.45, 7) is 0. The van der Waals surface area contributed by atoms with Crippen LogP contribution in [0, 0.1) is 10.1 Å². The van der Waals surface area contributed by atoms with Crippen LogP contribution >= 0.6 is 31.9 Å². The van der Waals surface area contributed by atoms with Gasteiger partial charge in [0.1, 0.15) is 0 Å². The smallest absolute Gasteiger partial charge is 0.278 e. The summed E-state index contributed by atoms with van der Waals surface area (Å²) in [7, 11) is 0. The predicted octanol–water partition coefficient (Wildman–Crippen LogP) is 4.37. The number of rotatable bonds is 2. The van der Waals surface area contributed by atoms with E-state index in [-0.39, 0.29) is 5.69 Å². The molecule has 92 valence electrons. The normalized spacial score (nSPS) is 10.3. The molecule has 0 aromatic heterocycles. The predicted molar refractivity (Wildman–Crippen MR) is 78.3 cm³/mol. The van der Waals surface area contributed by atoms with Gasteiger partial charge in [0.25, 0.3) is 5.69 Å². The molecule has 2 aromatic carbocycles. The van der Waals surface area contributed by atoms with Crippen molar-refractivity contribution < 1.29 is 4.92 Å². The SMILES string of the molecule is Nc1cc(Br)ccc1-c1ccc(Br)cc1[N+](=O)[O-]. The van der Waals surface area contributed by atoms with E-state index in [0.717, 1.165) is 4.47 Å². The van der Waals surface area contributed by atoms with Crippen molar-refractivity contribution in [1.82, 2.24) is 0 Å². The number of nitro benzene ring substituents is 1. The molecule has 18 heavy (non-hydrogen) atoms. The number of nitrogen functional groups attached to an aromatic ring is 1. The van der Waals surface area contributed by atoms with Gasteiger partial charge in [0, 0.05) is 26.3 Å². The largest absolute Gasteiger partial charge is 0.398 e. The average molecular weight is 372 g/mol. The zero-order valence-electron chi connectivity index (χ0n) is 9.06. The molecule has 0 fully saturated rings. The molecule has 0 saturated carbocycles. The molecule has 0 unspecified atom stereocenters. The molecule has 0 saturated heterocycles. The molecular formula is C12H8Br2N2O2. The zero-order valence-corrected chi connectivity index (χ0v) is 12.2. The maximum atomic E-state index is 11.1. The molecule has 0 aliphatic rings. The van der Waals surface area contributed by atoms with Crippen LogP contribution in [-0.4, -0.2) is 4.92 Å². The molecular weight excluding hydrogens is 364 g/mol. The van der Waals surface area contributed by atoms with Crippen molar-refractivity contribution in [2.45, 2.75) is 0 Å². The monoisotopic (exact) mass is 370 g/mol. The summed E-state index contributed by atoms with van der Waals surface area (Å²) >= 11 is 6.53. The fraction of sp³-hybridized carbons (Fsp3) is 0. The summed E-state index contributed by atoms with van der Waals surface area (Å²) in [6.07, 6.45) is 0. The number of nitrogens with two attached hydrogens (primary N) is 1. The van der Waals surface area contributed by atoms with Crippen LogP contribution < -0.4 is 5.73 Å². The van der Waals surface area contributed by atoms with Gasteiger partial charge in [0.05, 0.1) is 10.5 Å². The van der Waals surface area contributed by atoms with E-state index in [1.165, 1.54) is 6.07 Å². The van der Waals surface area contributed by atoms with Crippen molar-refractivity contribution in [1.29, 1.82) is 0 Å². The second-order valence-electron chi connectivity index (χ2n) is 3.65. The molecule has 0 bridgehead atoms. The molecule has 0 spiro atoms. The molecule has 0 aliphatic heterocycles. The van der Waals surface area contributed by atoms with E-state index >= 15 is 0 Å². The van der Waals surface area contributed by atoms with Crippen LogP contribution in [0.15, 0.2) is 45.3 Å². The van der Waals surface area contributed by atoms with Gasteiger partial charge in [-0.2, -0.15) is 0 Å². The van der Waals surface area contributed by atoms with E-state index in [9.17, 15) is 10.1 Å². The van der Waals surface area contributed by atoms with Gasteiger partial charge in [-0.3, -0.25) is 10.1 Å². The Labute approximate surface area is 120 Å². The summed E-state index contributed by atoms with van der Waals surface area (Å²) in [5, 5.41) is 11.1. The first-order valence-corrected chi connectivity index (χ1v) is 6.57. The highest BCUT2D eigenvalue weighted by Crippen LogP contribution is 2.36. The highest BCUT2D eigenvalue weighted by atomic mass is 79.9. The topological polar surface area (TPSA) is 69.2 Å². The fourth-order valence-electron chi connectivity index (χ4n) is 1.66. The van der Waals surface area contributed by atoms with Crippen molar-refractivity contribution in [3.8, 4) is 11.1 Å². The molecule has 0 aliphatic carbocycles. The lowest BCUT2D eigenvalue weighted by molar-refractivity contribution is -0.384. The van der Waals surface area contributed by atoms with E-state index in [4.69, 9.17) is 5.73 Å². The lowest BCUT2D eigenvalue weighted by Gasteiger charge is -2.07. The van der Waals surface area contributed by atoms with Crippen molar-refractivity contribution in [3.63, 3.8) is 0 Å². The van der Waals surface area contributed by atoms with Gasteiger partial charge in [-0.15, -0.1) is 0 Å². The fourth-order valence-corrected chi connectivity index (χ4v) is 2.39. The van der Waals surface area contributed by atoms with Crippen molar-refractivity contribution >= 4 is 43.2 Å². The van der Waals surface area contributed by atoms with Crippen molar-refractivity contribution in [2.75, 3.05) is 5.73 Å². The van der Waals surface area contributed by atoms with Crippen LogP contribution in [0.3, 0.4) is 0 Å². The Morgan fingerprint density at radius 3 is 2.11 bits per heavy atom. The molecule has 0 amide bonds. The zero-order chi connectivity index (χ0) is 13.3. The summed E-state index contributed by atoms with van der Waals surface area (Å²) in [4.78, 5) is 10.6. The van der Waals surface area contributed by atoms with Crippen LogP contribution in [0.2, 0.25) is 0 Å². The van der Waals surface area contributed by atoms with Gasteiger partial charge >= 0.3 is 0 Å². The summed E-state index contributed by atoms with van der Waals surface area (Å²) in [6, 6.07) is 10.2. The molecule has 6 heteroatoms. The number of hydrogen-bond donors (Lipinski definition) is 1. The van der Waals surface area contributed by atoms with E-state index in [1.54, 1.807) is 30.3 Å². The minimum Gasteiger partial charge on any atom is -0.398 e. The third-order valence-electron chi connectivity index (χ3n) is 2.46. The Morgan fingerprint density at radius 2 is 1.56 bits per heavy atom. The minimum absolute atomic E-state index is 0.0263. The van der Waals surface area contributed by atoms with E-state index < -0.39 is 4.92 Å². The first-order chi connectivity index (χ1) is 8.49. The number of hydrogen-bond acceptors (Lipinski definition) is 3. The summed E-state index contributed by atoms with van der Waals surface area (Å²) < 4.78 is 1.50. The first-order valence-electron chi connectivity index (χ1n) is 4.98. The number of halogens is 2. The van der Waals surface area contributed by atoms with Crippen LogP contribution in [0.25, 0.3) is 11.1 Å². The van der Waals surface area contributed by atoms with Gasteiger partial charge in [-0.05, 0) is 24.3 Å². The van der Waals surface area contributed by atoms with Gasteiger partial charge in [0.15, 0.2) is 0 Å². The summed E-state index contributed by atoms with van der Waals surface area (Å²) in [5.41, 5.74) is 7.58. The van der Waals surface area contributed by atoms with E-state index in [2.05, 4.69) is 31.9 Å². The summed E-state index contributed by atoms with van der Waals surface area (Å²) in [5.74, 6) is 0. The van der Waals surface area contributed by atoms with E-state index in [1.807, 2.05) is 0 Å². The lowest BCUT2D eigenvalue weighted by Crippen LogP contribution is -1.95. The molecule has 2 N–H and O–H groups in total. The second-order valence-corrected chi connectivity index (χ2v) is 5.48. The second kappa shape index (κ2) is 5.07. The molecule has 0 radical (unpaired) electrons. The Balaban J connectivity index is 2.67. The Hall–Kier alpha value is -1.40. The number of anilines is 1. The molecule has 2 rings (SSSR count). The van der Waals surface area contributed by atoms with Crippen molar-refractivity contribution in [2.24, 2.45) is 0 Å². The van der Waals surface area contributed by atoms with E-state index in [0.29, 0.717) is 21.3 Å². The minimum atomic E-state index is -0.415. The van der Waals surface area contributed by atoms with Crippen LogP contribution in [0.4, 0.5) is 11.4 Å². The van der Waals surface area contributed by atoms with Gasteiger partial charge < -0.3 is 5.73 Å². The molecule has 0 atom stereocenters. The lowest BCUT2D eigenvalue weighted by atomic mass is 10.0. The Bertz CT molecular complexity index is 629.